The molecule has 1 N–H and O–H groups in total. The van der Waals surface area contributed by atoms with Gasteiger partial charge in [0.2, 0.25) is 0 Å². The van der Waals surface area contributed by atoms with Crippen LogP contribution in [0.2, 0.25) is 5.02 Å². The average Bonchev–Trinajstić information content (AvgIpc) is 1.85. The van der Waals surface area contributed by atoms with Gasteiger partial charge in [-0.15, -0.1) is 0 Å². The molecule has 0 aromatic heterocycles. The molecule has 0 bridgehead atoms. The molecule has 0 aliphatic carbocycles. The predicted octanol–water partition coefficient (Wildman–Crippen LogP) is 2.70. The molecular weight excluding hydrogens is 160 g/mol. The molecule has 0 saturated carbocycles. The Morgan fingerprint density at radius 3 is 2.55 bits per heavy atom. The highest BCUT2D eigenvalue weighted by Gasteiger charge is 2.03. The Labute approximate surface area is 71.6 Å². The van der Waals surface area contributed by atoms with E-state index in [1.807, 2.05) is 19.1 Å². The lowest BCUT2D eigenvalue weighted by Crippen LogP contribution is -1.93. The van der Waals surface area contributed by atoms with E-state index >= 15 is 0 Å². The highest BCUT2D eigenvalue weighted by molar-refractivity contribution is 6.30. The lowest BCUT2D eigenvalue weighted by Gasteiger charge is -2.07. The van der Waals surface area contributed by atoms with Crippen molar-refractivity contribution >= 4 is 11.6 Å². The third kappa shape index (κ3) is 1.95. The van der Waals surface area contributed by atoms with Crippen LogP contribution >= 0.6 is 11.6 Å². The van der Waals surface area contributed by atoms with Crippen molar-refractivity contribution in [2.75, 3.05) is 0 Å². The van der Waals surface area contributed by atoms with E-state index < -0.39 is 6.10 Å². The van der Waals surface area contributed by atoms with E-state index in [1.165, 1.54) is 0 Å². The van der Waals surface area contributed by atoms with E-state index in [4.69, 9.17) is 11.6 Å². The van der Waals surface area contributed by atoms with Crippen molar-refractivity contribution in [1.82, 2.24) is 0 Å². The summed E-state index contributed by atoms with van der Waals surface area (Å²) in [5.74, 6) is 0. The van der Waals surface area contributed by atoms with Crippen molar-refractivity contribution in [3.63, 3.8) is 0 Å². The van der Waals surface area contributed by atoms with Crippen molar-refractivity contribution in [1.29, 1.82) is 0 Å². The Balaban J connectivity index is 3.09. The molecule has 0 fully saturated rings. The number of hydrogen-bond acceptors (Lipinski definition) is 1. The van der Waals surface area contributed by atoms with Crippen LogP contribution in [0.25, 0.3) is 0 Å². The lowest BCUT2D eigenvalue weighted by atomic mass is 10.1. The van der Waals surface area contributed by atoms with Crippen molar-refractivity contribution in [3.8, 4) is 0 Å². The molecule has 60 valence electrons. The lowest BCUT2D eigenvalue weighted by molar-refractivity contribution is 0.198. The second kappa shape index (κ2) is 3.24. The fourth-order valence-electron chi connectivity index (χ4n) is 1.11. The van der Waals surface area contributed by atoms with E-state index in [0.717, 1.165) is 11.1 Å². The summed E-state index contributed by atoms with van der Waals surface area (Å²) >= 11 is 5.74. The molecule has 1 aromatic carbocycles. The van der Waals surface area contributed by atoms with Gasteiger partial charge in [0.15, 0.2) is 0 Å². The maximum absolute atomic E-state index is 9.25. The Kier molecular flexibility index (Phi) is 2.53. The Hall–Kier alpha value is -0.530. The monoisotopic (exact) mass is 170 g/mol. The number of rotatable bonds is 1. The molecule has 0 heterocycles. The minimum Gasteiger partial charge on any atom is -0.389 e. The first-order valence-electron chi connectivity index (χ1n) is 3.55. The molecule has 0 aliphatic rings. The first-order chi connectivity index (χ1) is 5.11. The van der Waals surface area contributed by atoms with Crippen LogP contribution in [-0.4, -0.2) is 5.11 Å². The van der Waals surface area contributed by atoms with E-state index in [1.54, 1.807) is 13.0 Å². The number of aliphatic hydroxyl groups excluding tert-OH is 1. The van der Waals surface area contributed by atoms with E-state index in [0.29, 0.717) is 5.02 Å². The molecule has 1 atom stereocenters. The molecule has 0 amide bonds. The summed E-state index contributed by atoms with van der Waals surface area (Å²) in [5, 5.41) is 9.97. The molecule has 1 nitrogen and oxygen atoms in total. The molecule has 0 radical (unpaired) electrons. The van der Waals surface area contributed by atoms with Crippen LogP contribution in [0.1, 0.15) is 24.2 Å². The topological polar surface area (TPSA) is 20.2 Å². The first-order valence-corrected chi connectivity index (χ1v) is 3.93. The van der Waals surface area contributed by atoms with Gasteiger partial charge in [0.05, 0.1) is 6.10 Å². The zero-order valence-corrected chi connectivity index (χ0v) is 7.39. The second-order valence-electron chi connectivity index (χ2n) is 2.68. The van der Waals surface area contributed by atoms with Crippen molar-refractivity contribution in [3.05, 3.63) is 34.3 Å². The SMILES string of the molecule is Cc1cc(Cl)ccc1C(C)O. The van der Waals surface area contributed by atoms with Gasteiger partial charge in [-0.25, -0.2) is 0 Å². The molecule has 11 heavy (non-hydrogen) atoms. The fraction of sp³-hybridized carbons (Fsp3) is 0.333. The summed E-state index contributed by atoms with van der Waals surface area (Å²) in [4.78, 5) is 0. The van der Waals surface area contributed by atoms with Gasteiger partial charge in [-0.3, -0.25) is 0 Å². The maximum Gasteiger partial charge on any atom is 0.0764 e. The number of aryl methyl sites for hydroxylation is 1. The van der Waals surface area contributed by atoms with Crippen molar-refractivity contribution in [2.24, 2.45) is 0 Å². The van der Waals surface area contributed by atoms with Gasteiger partial charge in [-0.05, 0) is 37.1 Å². The first kappa shape index (κ1) is 8.57. The third-order valence-electron chi connectivity index (χ3n) is 1.68. The molecule has 0 saturated heterocycles. The Morgan fingerprint density at radius 2 is 2.09 bits per heavy atom. The van der Waals surface area contributed by atoms with E-state index in [2.05, 4.69) is 0 Å². The zero-order chi connectivity index (χ0) is 8.43. The predicted molar refractivity (Wildman–Crippen MR) is 46.8 cm³/mol. The number of halogens is 1. The maximum atomic E-state index is 9.25. The van der Waals surface area contributed by atoms with Crippen LogP contribution in [0.15, 0.2) is 18.2 Å². The summed E-state index contributed by atoms with van der Waals surface area (Å²) in [7, 11) is 0. The highest BCUT2D eigenvalue weighted by Crippen LogP contribution is 2.20. The van der Waals surface area contributed by atoms with Gasteiger partial charge in [0, 0.05) is 5.02 Å². The smallest absolute Gasteiger partial charge is 0.0764 e. The van der Waals surface area contributed by atoms with Gasteiger partial charge >= 0.3 is 0 Å². The highest BCUT2D eigenvalue weighted by atomic mass is 35.5. The molecular formula is C9H11ClO. The van der Waals surface area contributed by atoms with Crippen LogP contribution in [0.3, 0.4) is 0 Å². The molecule has 2 heteroatoms. The average molecular weight is 171 g/mol. The Bertz CT molecular complexity index is 256. The normalized spacial score (nSPS) is 13.1. The number of benzene rings is 1. The summed E-state index contributed by atoms with van der Waals surface area (Å²) in [6, 6.07) is 5.49. The minimum absolute atomic E-state index is 0.410. The van der Waals surface area contributed by atoms with Gasteiger partial charge < -0.3 is 5.11 Å². The van der Waals surface area contributed by atoms with Gasteiger partial charge in [0.1, 0.15) is 0 Å². The van der Waals surface area contributed by atoms with E-state index in [9.17, 15) is 5.11 Å². The molecule has 1 rings (SSSR count). The summed E-state index contributed by atoms with van der Waals surface area (Å²) in [6.45, 7) is 3.68. The van der Waals surface area contributed by atoms with Gasteiger partial charge in [-0.2, -0.15) is 0 Å². The van der Waals surface area contributed by atoms with Crippen molar-refractivity contribution in [2.45, 2.75) is 20.0 Å². The van der Waals surface area contributed by atoms with E-state index in [-0.39, 0.29) is 0 Å². The summed E-state index contributed by atoms with van der Waals surface area (Å²) < 4.78 is 0. The van der Waals surface area contributed by atoms with Crippen LogP contribution in [0.4, 0.5) is 0 Å². The zero-order valence-electron chi connectivity index (χ0n) is 6.63. The molecule has 0 aliphatic heterocycles. The number of aliphatic hydroxyl groups is 1. The number of hydrogen-bond donors (Lipinski definition) is 1. The fourth-order valence-corrected chi connectivity index (χ4v) is 1.33. The quantitative estimate of drug-likeness (QED) is 0.687. The summed E-state index contributed by atoms with van der Waals surface area (Å²) in [6.07, 6.45) is -0.410. The second-order valence-corrected chi connectivity index (χ2v) is 3.11. The summed E-state index contributed by atoms with van der Waals surface area (Å²) in [5.41, 5.74) is 1.97. The largest absolute Gasteiger partial charge is 0.389 e. The molecule has 0 spiro atoms. The van der Waals surface area contributed by atoms with Crippen LogP contribution in [0.5, 0.6) is 0 Å². The van der Waals surface area contributed by atoms with Crippen LogP contribution in [0, 0.1) is 6.92 Å². The minimum atomic E-state index is -0.410. The third-order valence-corrected chi connectivity index (χ3v) is 1.92. The van der Waals surface area contributed by atoms with Crippen molar-refractivity contribution < 1.29 is 5.11 Å². The standard InChI is InChI=1S/C9H11ClO/c1-6-5-8(10)3-4-9(6)7(2)11/h3-5,7,11H,1-2H3. The molecule has 1 aromatic rings. The Morgan fingerprint density at radius 1 is 1.45 bits per heavy atom. The van der Waals surface area contributed by atoms with Gasteiger partial charge in [0.25, 0.3) is 0 Å². The molecule has 1 unspecified atom stereocenters. The van der Waals surface area contributed by atoms with Crippen LogP contribution in [-0.2, 0) is 0 Å². The van der Waals surface area contributed by atoms with Gasteiger partial charge in [-0.1, -0.05) is 17.7 Å². The van der Waals surface area contributed by atoms with Crippen LogP contribution < -0.4 is 0 Å².